The molecule has 1 saturated carbocycles. The summed E-state index contributed by atoms with van der Waals surface area (Å²) in [4.78, 5) is 35.9. The van der Waals surface area contributed by atoms with Gasteiger partial charge in [-0.1, -0.05) is 192 Å². The third kappa shape index (κ3) is 35.1. The second kappa shape index (κ2) is 43.1. The van der Waals surface area contributed by atoms with Gasteiger partial charge >= 0.3 is 19.8 Å². The Morgan fingerprint density at radius 3 is 1.13 bits per heavy atom. The van der Waals surface area contributed by atoms with Crippen LogP contribution in [0.4, 0.5) is 0 Å². The number of rotatable bonds is 46. The third-order valence-electron chi connectivity index (χ3n) is 12.8. The molecule has 0 heterocycles. The number of esters is 2. The Morgan fingerprint density at radius 1 is 0.448 bits per heavy atom. The quantitative estimate of drug-likeness (QED) is 0.0145. The molecular formula is C53H99O13P. The van der Waals surface area contributed by atoms with Crippen molar-refractivity contribution in [1.29, 1.82) is 0 Å². The lowest BCUT2D eigenvalue weighted by atomic mass is 9.85. The van der Waals surface area contributed by atoms with E-state index in [9.17, 15) is 44.6 Å². The summed E-state index contributed by atoms with van der Waals surface area (Å²) in [5, 5.41) is 50.3. The highest BCUT2D eigenvalue weighted by Gasteiger charge is 2.51. The molecule has 394 valence electrons. The van der Waals surface area contributed by atoms with Crippen molar-refractivity contribution in [2.75, 3.05) is 13.2 Å². The number of phosphoric ester groups is 1. The zero-order valence-corrected chi connectivity index (χ0v) is 43.1. The molecule has 0 amide bonds. The maximum absolute atomic E-state index is 12.9. The van der Waals surface area contributed by atoms with Crippen LogP contribution in [0, 0.1) is 0 Å². The summed E-state index contributed by atoms with van der Waals surface area (Å²) in [7, 11) is -5.12. The van der Waals surface area contributed by atoms with Crippen molar-refractivity contribution in [1.82, 2.24) is 0 Å². The summed E-state index contributed by atoms with van der Waals surface area (Å²) < 4.78 is 33.7. The SMILES string of the molecule is CCCCCCCC/C=C\CCCCCCCCCC(=O)OCC(COP(=O)(O)OC1C(O)C(O)C(O)C(O)C1O)OC(=O)CCCCCCCCCCC/C=C\CCCCCCCCCC. The van der Waals surface area contributed by atoms with Crippen molar-refractivity contribution < 1.29 is 63.1 Å². The smallest absolute Gasteiger partial charge is 0.462 e. The van der Waals surface area contributed by atoms with Crippen LogP contribution in [0.2, 0.25) is 0 Å². The van der Waals surface area contributed by atoms with Crippen LogP contribution in [0.1, 0.15) is 245 Å². The zero-order chi connectivity index (χ0) is 49.2. The molecular weight excluding hydrogens is 876 g/mol. The van der Waals surface area contributed by atoms with Gasteiger partial charge in [-0.15, -0.1) is 0 Å². The lowest BCUT2D eigenvalue weighted by molar-refractivity contribution is -0.220. The number of hydrogen-bond donors (Lipinski definition) is 6. The molecule has 14 heteroatoms. The Balaban J connectivity index is 2.37. The Bertz CT molecular complexity index is 1270. The molecule has 0 spiro atoms. The molecule has 6 unspecified atom stereocenters. The first-order valence-electron chi connectivity index (χ1n) is 27.1. The number of hydrogen-bond acceptors (Lipinski definition) is 12. The standard InChI is InChI=1S/C53H99O13P/c1-3-5-7-9-11-13-15-17-19-21-22-23-24-26-28-30-32-34-36-38-40-42-47(55)65-45(44-64-67(61,62)66-53-51(59)49(57)48(56)50(58)52(53)60)43-63-46(54)41-39-37-35-33-31-29-27-25-20-18-16-14-12-10-8-6-4-2/h18,20-22,45,48-53,56-60H,3-17,19,23-44H2,1-2H3,(H,61,62)/b20-18-,22-21-. The Morgan fingerprint density at radius 2 is 0.761 bits per heavy atom. The molecule has 0 aromatic heterocycles. The fraction of sp³-hybridized carbons (Fsp3) is 0.887. The highest BCUT2D eigenvalue weighted by molar-refractivity contribution is 7.47. The fourth-order valence-corrected chi connectivity index (χ4v) is 9.37. The van der Waals surface area contributed by atoms with Gasteiger partial charge in [0.2, 0.25) is 0 Å². The summed E-state index contributed by atoms with van der Waals surface area (Å²) in [5.41, 5.74) is 0. The molecule has 6 atom stereocenters. The van der Waals surface area contributed by atoms with Gasteiger partial charge in [0.15, 0.2) is 6.10 Å². The normalized spacial score (nSPS) is 21.3. The maximum atomic E-state index is 12.9. The Kier molecular flexibility index (Phi) is 40.8. The van der Waals surface area contributed by atoms with E-state index in [4.69, 9.17) is 18.5 Å². The van der Waals surface area contributed by atoms with Gasteiger partial charge in [0.05, 0.1) is 6.61 Å². The number of aliphatic hydroxyl groups is 5. The van der Waals surface area contributed by atoms with Crippen LogP contribution in [0.25, 0.3) is 0 Å². The van der Waals surface area contributed by atoms with E-state index in [2.05, 4.69) is 38.2 Å². The number of phosphoric acid groups is 1. The number of allylic oxidation sites excluding steroid dienone is 4. The van der Waals surface area contributed by atoms with E-state index in [-0.39, 0.29) is 12.8 Å². The van der Waals surface area contributed by atoms with E-state index >= 15 is 0 Å². The highest BCUT2D eigenvalue weighted by Crippen LogP contribution is 2.47. The van der Waals surface area contributed by atoms with Crippen LogP contribution in [0.15, 0.2) is 24.3 Å². The van der Waals surface area contributed by atoms with E-state index < -0.39 is 75.7 Å². The molecule has 6 N–H and O–H groups in total. The molecule has 1 aliphatic rings. The fourth-order valence-electron chi connectivity index (χ4n) is 8.40. The lowest BCUT2D eigenvalue weighted by Crippen LogP contribution is -2.64. The predicted molar refractivity (Wildman–Crippen MR) is 267 cm³/mol. The minimum absolute atomic E-state index is 0.0960. The third-order valence-corrected chi connectivity index (χ3v) is 13.8. The van der Waals surface area contributed by atoms with Crippen LogP contribution >= 0.6 is 7.82 Å². The van der Waals surface area contributed by atoms with E-state index in [1.807, 2.05) is 0 Å². The number of aliphatic hydroxyl groups excluding tert-OH is 5. The average molecular weight is 975 g/mol. The molecule has 0 aromatic rings. The minimum Gasteiger partial charge on any atom is -0.462 e. The minimum atomic E-state index is -5.12. The second-order valence-corrected chi connectivity index (χ2v) is 20.5. The maximum Gasteiger partial charge on any atom is 0.472 e. The molecule has 0 saturated heterocycles. The lowest BCUT2D eigenvalue weighted by Gasteiger charge is -2.41. The van der Waals surface area contributed by atoms with Gasteiger partial charge in [0, 0.05) is 12.8 Å². The molecule has 1 aliphatic carbocycles. The summed E-state index contributed by atoms with van der Waals surface area (Å²) in [6, 6.07) is 0. The van der Waals surface area contributed by atoms with Crippen molar-refractivity contribution in [3.63, 3.8) is 0 Å². The predicted octanol–water partition coefficient (Wildman–Crippen LogP) is 12.0. The summed E-state index contributed by atoms with van der Waals surface area (Å²) in [6.45, 7) is 3.33. The van der Waals surface area contributed by atoms with Crippen LogP contribution in [0.3, 0.4) is 0 Å². The molecule has 67 heavy (non-hydrogen) atoms. The summed E-state index contributed by atoms with van der Waals surface area (Å²) in [6.07, 6.45) is 36.5. The van der Waals surface area contributed by atoms with Crippen molar-refractivity contribution in [3.8, 4) is 0 Å². The van der Waals surface area contributed by atoms with Gasteiger partial charge in [-0.3, -0.25) is 18.6 Å². The van der Waals surface area contributed by atoms with Gasteiger partial charge in [-0.2, -0.15) is 0 Å². The second-order valence-electron chi connectivity index (χ2n) is 19.1. The number of unbranched alkanes of at least 4 members (excludes halogenated alkanes) is 30. The molecule has 0 radical (unpaired) electrons. The van der Waals surface area contributed by atoms with Gasteiger partial charge in [0.1, 0.15) is 43.2 Å². The topological polar surface area (TPSA) is 210 Å². The van der Waals surface area contributed by atoms with Crippen LogP contribution in [0.5, 0.6) is 0 Å². The zero-order valence-electron chi connectivity index (χ0n) is 42.2. The summed E-state index contributed by atoms with van der Waals surface area (Å²) >= 11 is 0. The Labute approximate surface area is 406 Å². The molecule has 1 fully saturated rings. The first-order valence-corrected chi connectivity index (χ1v) is 28.6. The Hall–Kier alpha value is -1.67. The molecule has 0 aliphatic heterocycles. The van der Waals surface area contributed by atoms with Gasteiger partial charge in [-0.05, 0) is 64.2 Å². The molecule has 0 aromatic carbocycles. The van der Waals surface area contributed by atoms with Crippen molar-refractivity contribution >= 4 is 19.8 Å². The van der Waals surface area contributed by atoms with E-state index in [1.54, 1.807) is 0 Å². The number of ether oxygens (including phenoxy) is 2. The monoisotopic (exact) mass is 975 g/mol. The molecule has 1 rings (SSSR count). The van der Waals surface area contributed by atoms with Crippen LogP contribution in [-0.2, 0) is 32.7 Å². The van der Waals surface area contributed by atoms with Gasteiger partial charge < -0.3 is 39.9 Å². The molecule has 0 bridgehead atoms. The largest absolute Gasteiger partial charge is 0.472 e. The van der Waals surface area contributed by atoms with Crippen molar-refractivity contribution in [2.45, 2.75) is 288 Å². The first kappa shape index (κ1) is 63.3. The van der Waals surface area contributed by atoms with E-state index in [0.717, 1.165) is 64.2 Å². The van der Waals surface area contributed by atoms with Crippen molar-refractivity contribution in [2.24, 2.45) is 0 Å². The average Bonchev–Trinajstić information content (AvgIpc) is 3.31. The van der Waals surface area contributed by atoms with Crippen LogP contribution < -0.4 is 0 Å². The van der Waals surface area contributed by atoms with E-state index in [0.29, 0.717) is 12.8 Å². The number of carbonyl (C=O) groups is 2. The van der Waals surface area contributed by atoms with Crippen molar-refractivity contribution in [3.05, 3.63) is 24.3 Å². The first-order chi connectivity index (χ1) is 32.4. The summed E-state index contributed by atoms with van der Waals surface area (Å²) in [5.74, 6) is -1.10. The van der Waals surface area contributed by atoms with Gasteiger partial charge in [-0.25, -0.2) is 4.57 Å². The van der Waals surface area contributed by atoms with Gasteiger partial charge in [0.25, 0.3) is 0 Å². The van der Waals surface area contributed by atoms with E-state index in [1.165, 1.54) is 141 Å². The number of carbonyl (C=O) groups excluding carboxylic acids is 2. The molecule has 13 nitrogen and oxygen atoms in total. The highest BCUT2D eigenvalue weighted by atomic mass is 31.2. The van der Waals surface area contributed by atoms with Crippen LogP contribution in [-0.4, -0.2) is 98.3 Å².